The molecular formula is C17H21N5O3. The lowest BCUT2D eigenvalue weighted by Gasteiger charge is -2.15. The van der Waals surface area contributed by atoms with E-state index in [-0.39, 0.29) is 5.69 Å². The van der Waals surface area contributed by atoms with Crippen molar-refractivity contribution in [2.75, 3.05) is 19.0 Å². The second kappa shape index (κ2) is 7.16. The number of H-pyrrole nitrogens is 2. The van der Waals surface area contributed by atoms with Crippen LogP contribution in [0.15, 0.2) is 23.0 Å². The van der Waals surface area contributed by atoms with E-state index in [2.05, 4.69) is 19.9 Å². The normalized spacial score (nSPS) is 10.3. The zero-order chi connectivity index (χ0) is 18.7. The van der Waals surface area contributed by atoms with E-state index in [0.29, 0.717) is 5.95 Å². The lowest BCUT2D eigenvalue weighted by atomic mass is 10.0. The molecule has 0 radical (unpaired) electrons. The molecule has 2 aromatic heterocycles. The molecule has 0 atom stereocenters. The van der Waals surface area contributed by atoms with Crippen LogP contribution in [0.2, 0.25) is 0 Å². The number of anilines is 1. The van der Waals surface area contributed by atoms with Crippen LogP contribution >= 0.6 is 0 Å². The van der Waals surface area contributed by atoms with E-state index in [4.69, 9.17) is 9.90 Å². The molecule has 3 aromatic rings. The fraction of sp³-hybridized carbons (Fsp3) is 0.294. The SMILES string of the molecule is CC(=O)O.Cc1nc(N(C)C)nc(-c2cccc3[nH]c(=O)[nH]c23)c1C. The average Bonchev–Trinajstić information content (AvgIpc) is 2.89. The van der Waals surface area contributed by atoms with Gasteiger partial charge in [-0.05, 0) is 25.5 Å². The van der Waals surface area contributed by atoms with Crippen molar-refractivity contribution < 1.29 is 9.90 Å². The highest BCUT2D eigenvalue weighted by Crippen LogP contribution is 2.29. The van der Waals surface area contributed by atoms with Gasteiger partial charge >= 0.3 is 5.69 Å². The van der Waals surface area contributed by atoms with Crippen LogP contribution in [0.1, 0.15) is 18.2 Å². The highest BCUT2D eigenvalue weighted by molar-refractivity contribution is 5.91. The van der Waals surface area contributed by atoms with Gasteiger partial charge in [0, 0.05) is 32.3 Å². The first-order chi connectivity index (χ1) is 11.7. The largest absolute Gasteiger partial charge is 0.481 e. The van der Waals surface area contributed by atoms with E-state index in [0.717, 1.165) is 40.5 Å². The fourth-order valence-corrected chi connectivity index (χ4v) is 2.33. The smallest absolute Gasteiger partial charge is 0.323 e. The number of imidazole rings is 1. The standard InChI is InChI=1S/C15H17N5O.C2H4O2/c1-8-9(2)16-14(20(3)4)18-12(8)10-6-5-7-11-13(10)19-15(21)17-11;1-2(3)4/h5-7H,1-4H3,(H2,17,19,21);1H3,(H,3,4). The molecule has 2 heterocycles. The van der Waals surface area contributed by atoms with Crippen molar-refractivity contribution in [2.24, 2.45) is 0 Å². The molecule has 132 valence electrons. The molecule has 0 fully saturated rings. The monoisotopic (exact) mass is 343 g/mol. The van der Waals surface area contributed by atoms with Crippen LogP contribution in [0, 0.1) is 13.8 Å². The third-order valence-corrected chi connectivity index (χ3v) is 3.58. The predicted octanol–water partition coefficient (Wildman–Crippen LogP) is 2.09. The van der Waals surface area contributed by atoms with Crippen LogP contribution in [0.3, 0.4) is 0 Å². The number of aliphatic carboxylic acids is 1. The van der Waals surface area contributed by atoms with Crippen molar-refractivity contribution in [1.82, 2.24) is 19.9 Å². The molecule has 0 saturated heterocycles. The molecule has 0 amide bonds. The Bertz CT molecular complexity index is 968. The van der Waals surface area contributed by atoms with E-state index in [1.807, 2.05) is 51.0 Å². The van der Waals surface area contributed by atoms with Gasteiger partial charge in [0.05, 0.1) is 16.7 Å². The van der Waals surface area contributed by atoms with E-state index in [9.17, 15) is 4.79 Å². The summed E-state index contributed by atoms with van der Waals surface area (Å²) >= 11 is 0. The van der Waals surface area contributed by atoms with Crippen molar-refractivity contribution >= 4 is 23.0 Å². The topological polar surface area (TPSA) is 115 Å². The zero-order valence-corrected chi connectivity index (χ0v) is 14.8. The van der Waals surface area contributed by atoms with Crippen molar-refractivity contribution in [3.63, 3.8) is 0 Å². The first-order valence-electron chi connectivity index (χ1n) is 7.64. The van der Waals surface area contributed by atoms with E-state index >= 15 is 0 Å². The second-order valence-corrected chi connectivity index (χ2v) is 5.80. The summed E-state index contributed by atoms with van der Waals surface area (Å²) in [6.07, 6.45) is 0. The van der Waals surface area contributed by atoms with E-state index < -0.39 is 5.97 Å². The van der Waals surface area contributed by atoms with E-state index in [1.54, 1.807) is 0 Å². The predicted molar refractivity (Wildman–Crippen MR) is 97.1 cm³/mol. The minimum Gasteiger partial charge on any atom is -0.481 e. The van der Waals surface area contributed by atoms with Gasteiger partial charge in [-0.1, -0.05) is 12.1 Å². The summed E-state index contributed by atoms with van der Waals surface area (Å²) in [6.45, 7) is 5.04. The molecule has 25 heavy (non-hydrogen) atoms. The number of carboxylic acids is 1. The Labute approximate surface area is 144 Å². The molecule has 0 spiro atoms. The lowest BCUT2D eigenvalue weighted by molar-refractivity contribution is -0.134. The summed E-state index contributed by atoms with van der Waals surface area (Å²) in [5.74, 6) is -0.178. The number of benzene rings is 1. The summed E-state index contributed by atoms with van der Waals surface area (Å²) in [7, 11) is 3.82. The minimum atomic E-state index is -0.833. The first kappa shape index (κ1) is 18.2. The number of hydrogen-bond donors (Lipinski definition) is 3. The Morgan fingerprint density at radius 2 is 1.80 bits per heavy atom. The number of rotatable bonds is 2. The van der Waals surface area contributed by atoms with Crippen LogP contribution in [0.5, 0.6) is 0 Å². The van der Waals surface area contributed by atoms with Gasteiger partial charge in [-0.25, -0.2) is 14.8 Å². The number of para-hydroxylation sites is 1. The summed E-state index contributed by atoms with van der Waals surface area (Å²) < 4.78 is 0. The highest BCUT2D eigenvalue weighted by atomic mass is 16.4. The number of hydrogen-bond acceptors (Lipinski definition) is 5. The Morgan fingerprint density at radius 3 is 2.40 bits per heavy atom. The van der Waals surface area contributed by atoms with Gasteiger partial charge < -0.3 is 20.0 Å². The third kappa shape index (κ3) is 4.03. The number of carboxylic acid groups (broad SMARTS) is 1. The molecule has 3 N–H and O–H groups in total. The maximum atomic E-state index is 11.5. The Balaban J connectivity index is 0.000000511. The summed E-state index contributed by atoms with van der Waals surface area (Å²) in [5.41, 5.74) is 5.01. The van der Waals surface area contributed by atoms with Crippen LogP contribution in [0.25, 0.3) is 22.3 Å². The van der Waals surface area contributed by atoms with E-state index in [1.165, 1.54) is 0 Å². The Kier molecular flexibility index (Phi) is 5.21. The summed E-state index contributed by atoms with van der Waals surface area (Å²) in [4.78, 5) is 37.1. The molecular weight excluding hydrogens is 322 g/mol. The molecule has 0 aliphatic heterocycles. The molecule has 1 aromatic carbocycles. The molecule has 0 aliphatic carbocycles. The number of nitrogens with zero attached hydrogens (tertiary/aromatic N) is 3. The fourth-order valence-electron chi connectivity index (χ4n) is 2.33. The van der Waals surface area contributed by atoms with Crippen LogP contribution in [0.4, 0.5) is 5.95 Å². The molecule has 0 saturated carbocycles. The number of aromatic amines is 2. The molecule has 8 heteroatoms. The van der Waals surface area contributed by atoms with Crippen LogP contribution in [-0.4, -0.2) is 45.1 Å². The number of aryl methyl sites for hydroxylation is 1. The van der Waals surface area contributed by atoms with Crippen molar-refractivity contribution in [1.29, 1.82) is 0 Å². The molecule has 0 bridgehead atoms. The molecule has 0 aliphatic rings. The van der Waals surface area contributed by atoms with Gasteiger partial charge in [-0.3, -0.25) is 4.79 Å². The van der Waals surface area contributed by atoms with Gasteiger partial charge in [-0.2, -0.15) is 0 Å². The molecule has 3 rings (SSSR count). The maximum absolute atomic E-state index is 11.5. The Hall–Kier alpha value is -3.16. The van der Waals surface area contributed by atoms with Gasteiger partial charge in [0.15, 0.2) is 0 Å². The number of fused-ring (bicyclic) bond motifs is 1. The van der Waals surface area contributed by atoms with Gasteiger partial charge in [0.2, 0.25) is 5.95 Å². The van der Waals surface area contributed by atoms with Crippen LogP contribution in [-0.2, 0) is 4.79 Å². The van der Waals surface area contributed by atoms with Crippen molar-refractivity contribution in [3.05, 3.63) is 39.9 Å². The number of aromatic nitrogens is 4. The van der Waals surface area contributed by atoms with Crippen molar-refractivity contribution in [2.45, 2.75) is 20.8 Å². The number of carbonyl (C=O) groups is 1. The zero-order valence-electron chi connectivity index (χ0n) is 14.8. The van der Waals surface area contributed by atoms with Crippen molar-refractivity contribution in [3.8, 4) is 11.3 Å². The van der Waals surface area contributed by atoms with Gasteiger partial charge in [0.25, 0.3) is 5.97 Å². The maximum Gasteiger partial charge on any atom is 0.323 e. The summed E-state index contributed by atoms with van der Waals surface area (Å²) in [6, 6.07) is 5.74. The quantitative estimate of drug-likeness (QED) is 0.656. The first-order valence-corrected chi connectivity index (χ1v) is 7.64. The third-order valence-electron chi connectivity index (χ3n) is 3.58. The average molecular weight is 343 g/mol. The summed E-state index contributed by atoms with van der Waals surface area (Å²) in [5, 5.41) is 7.42. The minimum absolute atomic E-state index is 0.214. The highest BCUT2D eigenvalue weighted by Gasteiger charge is 2.14. The molecule has 0 unspecified atom stereocenters. The molecule has 8 nitrogen and oxygen atoms in total. The van der Waals surface area contributed by atoms with Gasteiger partial charge in [0.1, 0.15) is 0 Å². The lowest BCUT2D eigenvalue weighted by Crippen LogP contribution is -2.14. The number of nitrogens with one attached hydrogen (secondary N) is 2. The van der Waals surface area contributed by atoms with Gasteiger partial charge in [-0.15, -0.1) is 0 Å². The second-order valence-electron chi connectivity index (χ2n) is 5.80. The Morgan fingerprint density at radius 1 is 1.16 bits per heavy atom. The van der Waals surface area contributed by atoms with Crippen LogP contribution < -0.4 is 10.6 Å².